The Balaban J connectivity index is 1.32. The van der Waals surface area contributed by atoms with Gasteiger partial charge in [-0.15, -0.1) is 11.3 Å². The summed E-state index contributed by atoms with van der Waals surface area (Å²) in [4.78, 5) is 34.0. The zero-order valence-electron chi connectivity index (χ0n) is 19.1. The van der Waals surface area contributed by atoms with E-state index in [9.17, 15) is 14.9 Å². The van der Waals surface area contributed by atoms with Crippen molar-refractivity contribution in [2.45, 2.75) is 38.0 Å². The molecule has 0 bridgehead atoms. The molecule has 0 unspecified atom stereocenters. The van der Waals surface area contributed by atoms with E-state index in [-0.39, 0.29) is 23.9 Å². The molecule has 4 heterocycles. The number of ether oxygens (including phenoxy) is 2. The molecule has 2 atom stereocenters. The summed E-state index contributed by atoms with van der Waals surface area (Å²) < 4.78 is 17.1. The number of carbonyl (C=O) groups is 2. The van der Waals surface area contributed by atoms with Gasteiger partial charge in [-0.1, -0.05) is 0 Å². The number of rotatable bonds is 7. The van der Waals surface area contributed by atoms with Crippen molar-refractivity contribution < 1.29 is 23.5 Å². The van der Waals surface area contributed by atoms with Crippen molar-refractivity contribution in [2.24, 2.45) is 0 Å². The standard InChI is InChI=1S/C25H24N4O5S/c1-2-32-21-12-16(13-26)5-6-19(21)34-23-22(18-14-35-15-27-18)29(25(23)31)17-7-9-28(10-8-17)24(30)20-4-3-11-33-20/h3-6,11-12,14-15,17,22-23H,2,7-10H2,1H3/t22-,23-/m1/s1. The number of nitriles is 1. The van der Waals surface area contributed by atoms with Crippen LogP contribution in [0, 0.1) is 11.3 Å². The van der Waals surface area contributed by atoms with Crippen LogP contribution in [0.4, 0.5) is 0 Å². The Hall–Kier alpha value is -3.84. The Bertz CT molecular complexity index is 1230. The molecular formula is C25H24N4O5S. The first-order chi connectivity index (χ1) is 17.1. The first-order valence-electron chi connectivity index (χ1n) is 11.5. The van der Waals surface area contributed by atoms with E-state index in [1.165, 1.54) is 17.6 Å². The Morgan fingerprint density at radius 3 is 2.77 bits per heavy atom. The third kappa shape index (κ3) is 4.35. The Labute approximate surface area is 206 Å². The van der Waals surface area contributed by atoms with Gasteiger partial charge in [0.2, 0.25) is 6.10 Å². The van der Waals surface area contributed by atoms with Gasteiger partial charge in [-0.05, 0) is 44.0 Å². The number of nitrogens with zero attached hydrogens (tertiary/aromatic N) is 4. The summed E-state index contributed by atoms with van der Waals surface area (Å²) >= 11 is 1.47. The number of furan rings is 1. The summed E-state index contributed by atoms with van der Waals surface area (Å²) in [6.07, 6.45) is 2.06. The van der Waals surface area contributed by atoms with E-state index in [0.29, 0.717) is 55.4 Å². The number of aromatic nitrogens is 1. The summed E-state index contributed by atoms with van der Waals surface area (Å²) in [5.74, 6) is 0.919. The topological polar surface area (TPSA) is 109 Å². The molecule has 0 radical (unpaired) electrons. The number of piperidine rings is 1. The van der Waals surface area contributed by atoms with Crippen molar-refractivity contribution in [3.05, 3.63) is 64.5 Å². The van der Waals surface area contributed by atoms with Crippen molar-refractivity contribution in [1.82, 2.24) is 14.8 Å². The van der Waals surface area contributed by atoms with E-state index in [0.717, 1.165) is 5.69 Å². The van der Waals surface area contributed by atoms with Crippen LogP contribution >= 0.6 is 11.3 Å². The van der Waals surface area contributed by atoms with E-state index in [4.69, 9.17) is 13.9 Å². The van der Waals surface area contributed by atoms with Crippen LogP contribution in [-0.2, 0) is 4.79 Å². The minimum absolute atomic E-state index is 0.0259. The second kappa shape index (κ2) is 9.80. The predicted octanol–water partition coefficient (Wildman–Crippen LogP) is 3.64. The highest BCUT2D eigenvalue weighted by Crippen LogP contribution is 2.43. The second-order valence-electron chi connectivity index (χ2n) is 8.35. The number of amides is 2. The molecule has 5 rings (SSSR count). The van der Waals surface area contributed by atoms with Gasteiger partial charge in [0.15, 0.2) is 17.3 Å². The molecule has 2 saturated heterocycles. The molecule has 3 aromatic rings. The lowest BCUT2D eigenvalue weighted by atomic mass is 9.89. The number of carbonyl (C=O) groups excluding carboxylic acids is 2. The molecule has 0 spiro atoms. The Morgan fingerprint density at radius 2 is 2.11 bits per heavy atom. The summed E-state index contributed by atoms with van der Waals surface area (Å²) in [7, 11) is 0. The number of hydrogen-bond acceptors (Lipinski definition) is 8. The van der Waals surface area contributed by atoms with E-state index < -0.39 is 6.10 Å². The number of β-lactam (4-membered cyclic amide) rings is 1. The van der Waals surface area contributed by atoms with Crippen LogP contribution in [0.3, 0.4) is 0 Å². The highest BCUT2D eigenvalue weighted by Gasteiger charge is 2.54. The van der Waals surface area contributed by atoms with Crippen molar-refractivity contribution in [3.8, 4) is 17.6 Å². The monoisotopic (exact) mass is 492 g/mol. The number of benzene rings is 1. The van der Waals surface area contributed by atoms with Gasteiger partial charge in [0.25, 0.3) is 11.8 Å². The predicted molar refractivity (Wildman–Crippen MR) is 126 cm³/mol. The fraction of sp³-hybridized carbons (Fsp3) is 0.360. The summed E-state index contributed by atoms with van der Waals surface area (Å²) in [5.41, 5.74) is 2.97. The van der Waals surface area contributed by atoms with Gasteiger partial charge in [0, 0.05) is 30.6 Å². The average molecular weight is 493 g/mol. The molecule has 0 saturated carbocycles. The van der Waals surface area contributed by atoms with Crippen LogP contribution in [-0.4, -0.2) is 58.4 Å². The maximum atomic E-state index is 13.4. The molecule has 2 aliphatic rings. The first-order valence-corrected chi connectivity index (χ1v) is 12.4. The normalized spacial score (nSPS) is 20.3. The smallest absolute Gasteiger partial charge is 0.289 e. The van der Waals surface area contributed by atoms with Crippen LogP contribution < -0.4 is 9.47 Å². The molecule has 2 fully saturated rings. The lowest BCUT2D eigenvalue weighted by Crippen LogP contribution is -2.66. The first kappa shape index (κ1) is 22.9. The fourth-order valence-electron chi connectivity index (χ4n) is 4.65. The molecule has 2 aliphatic heterocycles. The average Bonchev–Trinajstić information content (AvgIpc) is 3.61. The van der Waals surface area contributed by atoms with E-state index in [2.05, 4.69) is 11.1 Å². The molecule has 1 aromatic carbocycles. The zero-order valence-corrected chi connectivity index (χ0v) is 19.9. The van der Waals surface area contributed by atoms with Crippen molar-refractivity contribution in [2.75, 3.05) is 19.7 Å². The number of hydrogen-bond donors (Lipinski definition) is 0. The number of thiazole rings is 1. The third-order valence-electron chi connectivity index (χ3n) is 6.34. The molecule has 2 aromatic heterocycles. The van der Waals surface area contributed by atoms with Crippen molar-refractivity contribution >= 4 is 23.2 Å². The van der Waals surface area contributed by atoms with Gasteiger partial charge in [-0.25, -0.2) is 4.98 Å². The minimum atomic E-state index is -0.743. The Morgan fingerprint density at radius 1 is 1.29 bits per heavy atom. The van der Waals surface area contributed by atoms with Crippen LogP contribution in [0.1, 0.15) is 47.6 Å². The van der Waals surface area contributed by atoms with Crippen LogP contribution in [0.25, 0.3) is 0 Å². The summed E-state index contributed by atoms with van der Waals surface area (Å²) in [5, 5.41) is 11.1. The van der Waals surface area contributed by atoms with Crippen LogP contribution in [0.2, 0.25) is 0 Å². The largest absolute Gasteiger partial charge is 0.490 e. The molecular weight excluding hydrogens is 468 g/mol. The molecule has 2 amide bonds. The van der Waals surface area contributed by atoms with Gasteiger partial charge in [0.1, 0.15) is 6.04 Å². The summed E-state index contributed by atoms with van der Waals surface area (Å²) in [6.45, 7) is 3.32. The lowest BCUT2D eigenvalue weighted by molar-refractivity contribution is -0.171. The highest BCUT2D eigenvalue weighted by molar-refractivity contribution is 7.07. The fourth-order valence-corrected chi connectivity index (χ4v) is 5.24. The molecule has 9 nitrogen and oxygen atoms in total. The molecule has 0 N–H and O–H groups in total. The highest BCUT2D eigenvalue weighted by atomic mass is 32.1. The van der Waals surface area contributed by atoms with Gasteiger partial charge in [-0.2, -0.15) is 5.26 Å². The zero-order chi connectivity index (χ0) is 24.4. The van der Waals surface area contributed by atoms with E-state index in [1.54, 1.807) is 40.7 Å². The molecule has 10 heteroatoms. The van der Waals surface area contributed by atoms with E-state index in [1.807, 2.05) is 17.2 Å². The van der Waals surface area contributed by atoms with Gasteiger partial charge >= 0.3 is 0 Å². The number of likely N-dealkylation sites (tertiary alicyclic amines) is 2. The SMILES string of the molecule is CCOc1cc(C#N)ccc1O[C@H]1C(=O)N(C2CCN(C(=O)c3ccco3)CC2)[C@@H]1c1cscn1. The summed E-state index contributed by atoms with van der Waals surface area (Å²) in [6, 6.07) is 10.0. The van der Waals surface area contributed by atoms with Crippen molar-refractivity contribution in [3.63, 3.8) is 0 Å². The minimum Gasteiger partial charge on any atom is -0.490 e. The quantitative estimate of drug-likeness (QED) is 0.463. The molecule has 35 heavy (non-hydrogen) atoms. The third-order valence-corrected chi connectivity index (χ3v) is 6.95. The maximum Gasteiger partial charge on any atom is 0.289 e. The van der Waals surface area contributed by atoms with E-state index >= 15 is 0 Å². The lowest BCUT2D eigenvalue weighted by Gasteiger charge is -2.51. The maximum absolute atomic E-state index is 13.4. The van der Waals surface area contributed by atoms with Gasteiger partial charge < -0.3 is 23.7 Å². The van der Waals surface area contributed by atoms with Gasteiger partial charge in [0.05, 0.1) is 35.7 Å². The Kier molecular flexibility index (Phi) is 6.42. The van der Waals surface area contributed by atoms with Gasteiger partial charge in [-0.3, -0.25) is 9.59 Å². The second-order valence-corrected chi connectivity index (χ2v) is 9.07. The van der Waals surface area contributed by atoms with Crippen LogP contribution in [0.15, 0.2) is 51.9 Å². The molecule has 180 valence electrons. The van der Waals surface area contributed by atoms with Crippen molar-refractivity contribution in [1.29, 1.82) is 5.26 Å². The molecule has 0 aliphatic carbocycles. The van der Waals surface area contributed by atoms with Crippen LogP contribution in [0.5, 0.6) is 11.5 Å².